The highest BCUT2D eigenvalue weighted by Crippen LogP contribution is 1.90. The highest BCUT2D eigenvalue weighted by molar-refractivity contribution is 6.59. The number of rotatable bonds is 7. The van der Waals surface area contributed by atoms with Gasteiger partial charge in [-0.1, -0.05) is 0 Å². The summed E-state index contributed by atoms with van der Waals surface area (Å²) in [5.74, 6) is -0.695. The molecule has 8 heteroatoms. The third kappa shape index (κ3) is 10.1. The third-order valence-corrected chi connectivity index (χ3v) is 4.01. The van der Waals surface area contributed by atoms with Crippen LogP contribution in [0.1, 0.15) is 26.7 Å². The molecule has 0 atom stereocenters. The fourth-order valence-electron chi connectivity index (χ4n) is 1.30. The van der Waals surface area contributed by atoms with Gasteiger partial charge in [-0.25, -0.2) is 0 Å². The molecule has 0 aromatic heterocycles. The first-order valence-corrected chi connectivity index (χ1v) is 7.52. The average molecular weight is 272 g/mol. The van der Waals surface area contributed by atoms with Crippen LogP contribution in [-0.2, 0) is 14.4 Å². The maximum Gasteiger partial charge on any atom is 0.740 e. The van der Waals surface area contributed by atoms with Crippen LogP contribution >= 0.6 is 0 Å². The summed E-state index contributed by atoms with van der Waals surface area (Å²) in [7, 11) is 3.87. The summed E-state index contributed by atoms with van der Waals surface area (Å²) in [6.45, 7) is 3.51. The second-order valence-corrected chi connectivity index (χ2v) is 6.04. The van der Waals surface area contributed by atoms with Crippen molar-refractivity contribution in [3.63, 3.8) is 0 Å². The Bertz CT molecular complexity index is 293. The minimum absolute atomic E-state index is 0.156. The van der Waals surface area contributed by atoms with E-state index in [0.29, 0.717) is 6.42 Å². The summed E-state index contributed by atoms with van der Waals surface area (Å²) in [5, 5.41) is 0. The topological polar surface area (TPSA) is 90.5 Å². The van der Waals surface area contributed by atoms with E-state index >= 15 is 0 Å². The lowest BCUT2D eigenvalue weighted by Crippen LogP contribution is -2.62. The summed E-state index contributed by atoms with van der Waals surface area (Å²) in [5.41, 5.74) is 0. The molecule has 0 aliphatic carbocycles. The Kier molecular flexibility index (Phi) is 8.37. The summed E-state index contributed by atoms with van der Waals surface area (Å²) in [6.07, 6.45) is 1.11. The van der Waals surface area contributed by atoms with Crippen LogP contribution in [0, 0.1) is 0 Å². The molecule has 0 radical (unpaired) electrons. The molecular weight excluding hydrogens is 251 g/mol. The van der Waals surface area contributed by atoms with Gasteiger partial charge in [-0.05, 0) is 27.1 Å². The lowest BCUT2D eigenvalue weighted by atomic mass is 10.3. The van der Waals surface area contributed by atoms with Crippen LogP contribution in [0.3, 0.4) is 0 Å². The number of nitrogens with one attached hydrogen (secondary N) is 3. The monoisotopic (exact) mass is 272 g/mol. The maximum absolute atomic E-state index is 11.6. The largest absolute Gasteiger partial charge is 0.740 e. The zero-order valence-electron chi connectivity index (χ0n) is 11.4. The van der Waals surface area contributed by atoms with Gasteiger partial charge in [0.15, 0.2) is 17.7 Å². The molecule has 0 aliphatic rings. The third-order valence-electron chi connectivity index (χ3n) is 2.01. The maximum atomic E-state index is 11.6. The standard InChI is InChI=1S/C6H14N2O.2C2H5NO.Al/c1-8(2)5-3-4-6(7)9;2*1-2(3)4;/h3-5H2,1-2H3,(H2,7,9);2*1H3,(H2,3,4);/q;;;+3/p-3. The molecule has 3 N–H and O–H groups in total. The van der Waals surface area contributed by atoms with Gasteiger partial charge in [-0.3, -0.25) is 14.4 Å². The zero-order chi connectivity index (χ0) is 14.1. The predicted octanol–water partition coefficient (Wildman–Crippen LogP) is -1.30. The Morgan fingerprint density at radius 1 is 1.00 bits per heavy atom. The minimum atomic E-state index is -2.29. The van der Waals surface area contributed by atoms with E-state index in [1.165, 1.54) is 13.8 Å². The van der Waals surface area contributed by atoms with E-state index in [-0.39, 0.29) is 17.7 Å². The fourth-order valence-corrected chi connectivity index (χ4v) is 2.80. The summed E-state index contributed by atoms with van der Waals surface area (Å²) < 4.78 is 7.80. The van der Waals surface area contributed by atoms with E-state index in [1.54, 1.807) is 0 Å². The highest BCUT2D eigenvalue weighted by atomic mass is 27.2. The molecule has 18 heavy (non-hydrogen) atoms. The molecule has 0 aromatic rings. The fraction of sp³-hybridized carbons (Fsp3) is 0.700. The summed E-state index contributed by atoms with van der Waals surface area (Å²) in [6, 6.07) is 0. The second kappa shape index (κ2) is 8.92. The molecule has 0 saturated carbocycles. The van der Waals surface area contributed by atoms with Crippen molar-refractivity contribution in [3.05, 3.63) is 0 Å². The van der Waals surface area contributed by atoms with Crippen LogP contribution in [0.15, 0.2) is 0 Å². The number of nitrogens with zero attached hydrogens (tertiary/aromatic N) is 1. The Balaban J connectivity index is 4.09. The van der Waals surface area contributed by atoms with Crippen molar-refractivity contribution in [2.24, 2.45) is 0 Å². The zero-order valence-corrected chi connectivity index (χ0v) is 12.5. The van der Waals surface area contributed by atoms with Crippen molar-refractivity contribution >= 4 is 32.5 Å². The van der Waals surface area contributed by atoms with Crippen LogP contribution in [0.5, 0.6) is 0 Å². The molecule has 0 aromatic carbocycles. The number of hydrogen-bond donors (Lipinski definition) is 3. The van der Waals surface area contributed by atoms with Gasteiger partial charge in [0.25, 0.3) is 0 Å². The molecule has 0 saturated heterocycles. The number of hydrogen-bond acceptors (Lipinski definition) is 4. The van der Waals surface area contributed by atoms with E-state index in [0.717, 1.165) is 13.0 Å². The van der Waals surface area contributed by atoms with E-state index in [1.807, 2.05) is 19.0 Å². The molecule has 7 nitrogen and oxygen atoms in total. The normalized spacial score (nSPS) is 9.83. The van der Waals surface area contributed by atoms with Crippen molar-refractivity contribution < 1.29 is 14.4 Å². The van der Waals surface area contributed by atoms with Crippen LogP contribution in [0.25, 0.3) is 0 Å². The van der Waals surface area contributed by atoms with Gasteiger partial charge in [0.1, 0.15) is 0 Å². The number of carbonyl (C=O) groups excluding carboxylic acids is 3. The number of amides is 3. The first-order valence-electron chi connectivity index (χ1n) is 5.79. The molecule has 0 fully saturated rings. The van der Waals surface area contributed by atoms with Gasteiger partial charge in [0, 0.05) is 20.3 Å². The van der Waals surface area contributed by atoms with Crippen LogP contribution in [-0.4, -0.2) is 58.1 Å². The first-order chi connectivity index (χ1) is 8.31. The SMILES string of the molecule is CC(=O)[NH][Al]([NH]C(C)=O)[NH]C(=O)CCCN(C)C. The van der Waals surface area contributed by atoms with Crippen LogP contribution in [0.4, 0.5) is 0 Å². The smallest absolute Gasteiger partial charge is 0.410 e. The van der Waals surface area contributed by atoms with Gasteiger partial charge in [0.2, 0.25) is 0 Å². The van der Waals surface area contributed by atoms with E-state index in [9.17, 15) is 14.4 Å². The lowest BCUT2D eigenvalue weighted by Gasteiger charge is -2.14. The molecule has 0 rings (SSSR count). The van der Waals surface area contributed by atoms with Crippen molar-refractivity contribution in [3.8, 4) is 0 Å². The summed E-state index contributed by atoms with van der Waals surface area (Å²) in [4.78, 5) is 35.5. The van der Waals surface area contributed by atoms with Gasteiger partial charge in [-0.2, -0.15) is 0 Å². The van der Waals surface area contributed by atoms with Gasteiger partial charge >= 0.3 is 14.8 Å². The molecule has 0 unspecified atom stereocenters. The highest BCUT2D eigenvalue weighted by Gasteiger charge is 2.28. The quantitative estimate of drug-likeness (QED) is 0.503. The van der Waals surface area contributed by atoms with E-state index < -0.39 is 14.8 Å². The van der Waals surface area contributed by atoms with Gasteiger partial charge < -0.3 is 17.8 Å². The van der Waals surface area contributed by atoms with E-state index in [2.05, 4.69) is 12.9 Å². The second-order valence-electron chi connectivity index (χ2n) is 4.31. The molecule has 102 valence electrons. The average Bonchev–Trinajstić information content (AvgIpc) is 2.13. The van der Waals surface area contributed by atoms with Crippen LogP contribution < -0.4 is 12.9 Å². The molecule has 0 aliphatic heterocycles. The molecule has 0 bridgehead atoms. The lowest BCUT2D eigenvalue weighted by molar-refractivity contribution is -0.119. The Morgan fingerprint density at radius 3 is 1.89 bits per heavy atom. The van der Waals surface area contributed by atoms with Gasteiger partial charge in [-0.15, -0.1) is 0 Å². The molecular formula is C10H21AlN4O3. The van der Waals surface area contributed by atoms with Crippen molar-refractivity contribution in [1.29, 1.82) is 0 Å². The molecule has 3 amide bonds. The van der Waals surface area contributed by atoms with Crippen LogP contribution in [0.2, 0.25) is 0 Å². The Morgan fingerprint density at radius 2 is 1.50 bits per heavy atom. The Hall–Kier alpha value is -1.10. The van der Waals surface area contributed by atoms with Gasteiger partial charge in [0.05, 0.1) is 0 Å². The number of carbonyl (C=O) groups is 3. The Labute approximate surface area is 112 Å². The van der Waals surface area contributed by atoms with Crippen molar-refractivity contribution in [1.82, 2.24) is 17.8 Å². The predicted molar refractivity (Wildman–Crippen MR) is 69.3 cm³/mol. The first kappa shape index (κ1) is 16.9. The molecule has 0 spiro atoms. The van der Waals surface area contributed by atoms with Crippen molar-refractivity contribution in [2.45, 2.75) is 26.7 Å². The van der Waals surface area contributed by atoms with E-state index in [4.69, 9.17) is 0 Å². The molecule has 0 heterocycles. The minimum Gasteiger partial charge on any atom is -0.410 e. The summed E-state index contributed by atoms with van der Waals surface area (Å²) >= 11 is -2.29. The van der Waals surface area contributed by atoms with Crippen molar-refractivity contribution in [2.75, 3.05) is 20.6 Å².